The van der Waals surface area contributed by atoms with E-state index < -0.39 is 60.7 Å². The molecular weight excluding hydrogens is 655 g/mol. The molecule has 1 aromatic carbocycles. The number of rotatable bonds is 12. The molecule has 0 bridgehead atoms. The predicted molar refractivity (Wildman–Crippen MR) is 176 cm³/mol. The van der Waals surface area contributed by atoms with E-state index in [4.69, 9.17) is 9.47 Å². The van der Waals surface area contributed by atoms with Crippen molar-refractivity contribution >= 4 is 46.6 Å². The molecule has 50 heavy (non-hydrogen) atoms. The van der Waals surface area contributed by atoms with Crippen LogP contribution >= 0.6 is 0 Å². The van der Waals surface area contributed by atoms with Crippen LogP contribution in [0, 0.1) is 12.7 Å². The summed E-state index contributed by atoms with van der Waals surface area (Å²) in [5.74, 6) is -3.68. The smallest absolute Gasteiger partial charge is 0.409 e. The predicted octanol–water partition coefficient (Wildman–Crippen LogP) is 1.98. The van der Waals surface area contributed by atoms with Crippen molar-refractivity contribution in [1.29, 1.82) is 0 Å². The molecule has 3 aliphatic rings. The lowest BCUT2D eigenvalue weighted by atomic mass is 9.93. The second-order valence-corrected chi connectivity index (χ2v) is 12.7. The first kappa shape index (κ1) is 36.3. The Hall–Kier alpha value is -5.02. The Kier molecular flexibility index (Phi) is 11.7. The number of nitrogens with zero attached hydrogens (tertiary/aromatic N) is 4. The molecule has 2 aromatic rings. The standard InChI is InChI=1S/C34H43FN6O9/c1-3-49-34(48)40-16-14-39(15-17-40)33(47)24(11-12-29(43)44)38-31(45)25-18-27(30-20(2)22(35)9-10-23(30)37-25)50-19-28(42)41-13-5-8-26(41)32(46)36-21-6-4-7-21/h9-10,18,21,24,26H,3-8,11-17,19H2,1-2H3,(H,36,46)(H,38,45)(H,43,44)/t24-,26-/m0/s1. The number of carbonyl (C=O) groups excluding carboxylic acids is 5. The molecular formula is C34H43FN6O9. The number of halogens is 1. The highest BCUT2D eigenvalue weighted by Gasteiger charge is 2.36. The fourth-order valence-electron chi connectivity index (χ4n) is 6.38. The van der Waals surface area contributed by atoms with Gasteiger partial charge in [-0.25, -0.2) is 14.2 Å². The molecule has 3 fully saturated rings. The quantitative estimate of drug-likeness (QED) is 0.296. The third-order valence-corrected chi connectivity index (χ3v) is 9.41. The van der Waals surface area contributed by atoms with Crippen LogP contribution in [0.15, 0.2) is 18.2 Å². The molecule has 0 radical (unpaired) electrons. The second kappa shape index (κ2) is 16.1. The number of carboxylic acid groups (broad SMARTS) is 1. The van der Waals surface area contributed by atoms with Gasteiger partial charge in [-0.15, -0.1) is 0 Å². The van der Waals surface area contributed by atoms with Crippen LogP contribution in [0.25, 0.3) is 10.9 Å². The van der Waals surface area contributed by atoms with Crippen LogP contribution in [-0.2, 0) is 23.9 Å². The molecule has 1 aromatic heterocycles. The zero-order valence-corrected chi connectivity index (χ0v) is 28.2. The maximum atomic E-state index is 14.7. The average molecular weight is 699 g/mol. The molecule has 16 heteroatoms. The minimum Gasteiger partial charge on any atom is -0.483 e. The van der Waals surface area contributed by atoms with Crippen LogP contribution in [-0.4, -0.2) is 125 Å². The molecule has 2 atom stereocenters. The van der Waals surface area contributed by atoms with Crippen molar-refractivity contribution in [1.82, 2.24) is 30.3 Å². The lowest BCUT2D eigenvalue weighted by Gasteiger charge is -2.35. The number of likely N-dealkylation sites (tertiary alicyclic amines) is 1. The molecule has 1 saturated carbocycles. The number of piperazine rings is 1. The number of fused-ring (bicyclic) bond motifs is 1. The van der Waals surface area contributed by atoms with E-state index in [1.807, 2.05) is 0 Å². The van der Waals surface area contributed by atoms with Crippen LogP contribution in [0.2, 0.25) is 0 Å². The molecule has 5 rings (SSSR count). The molecule has 0 spiro atoms. The maximum absolute atomic E-state index is 14.7. The summed E-state index contributed by atoms with van der Waals surface area (Å²) in [7, 11) is 0. The van der Waals surface area contributed by atoms with Crippen LogP contribution in [0.3, 0.4) is 0 Å². The Morgan fingerprint density at radius 1 is 1.02 bits per heavy atom. The number of ether oxygens (including phenoxy) is 2. The average Bonchev–Trinajstić information content (AvgIpc) is 3.58. The number of aliphatic carboxylic acids is 1. The zero-order valence-electron chi connectivity index (χ0n) is 28.2. The number of nitrogens with one attached hydrogen (secondary N) is 2. The van der Waals surface area contributed by atoms with Gasteiger partial charge in [0.25, 0.3) is 11.8 Å². The molecule has 2 aliphatic heterocycles. The van der Waals surface area contributed by atoms with E-state index in [2.05, 4.69) is 15.6 Å². The highest BCUT2D eigenvalue weighted by Crippen LogP contribution is 2.31. The van der Waals surface area contributed by atoms with Gasteiger partial charge in [0.15, 0.2) is 6.61 Å². The molecule has 15 nitrogen and oxygen atoms in total. The Morgan fingerprint density at radius 2 is 1.74 bits per heavy atom. The van der Waals surface area contributed by atoms with E-state index in [9.17, 15) is 38.3 Å². The van der Waals surface area contributed by atoms with E-state index in [-0.39, 0.29) is 79.1 Å². The summed E-state index contributed by atoms with van der Waals surface area (Å²) >= 11 is 0. The fraction of sp³-hybridized carbons (Fsp3) is 0.559. The molecule has 270 valence electrons. The number of aryl methyl sites for hydroxylation is 1. The summed E-state index contributed by atoms with van der Waals surface area (Å²) in [6.07, 6.45) is 2.96. The van der Waals surface area contributed by atoms with Crippen molar-refractivity contribution in [2.24, 2.45) is 0 Å². The Bertz CT molecular complexity index is 1640. The minimum absolute atomic E-state index is 0.00339. The van der Waals surface area contributed by atoms with Crippen molar-refractivity contribution in [2.75, 3.05) is 45.9 Å². The third-order valence-electron chi connectivity index (χ3n) is 9.41. The number of carboxylic acids is 1. The lowest BCUT2D eigenvalue weighted by Crippen LogP contribution is -2.56. The third kappa shape index (κ3) is 8.40. The van der Waals surface area contributed by atoms with Crippen molar-refractivity contribution in [3.05, 3.63) is 35.3 Å². The van der Waals surface area contributed by atoms with Crippen LogP contribution in [0.1, 0.15) is 67.9 Å². The number of carbonyl (C=O) groups is 6. The molecule has 3 heterocycles. The highest BCUT2D eigenvalue weighted by atomic mass is 19.1. The topological polar surface area (TPSA) is 188 Å². The van der Waals surface area contributed by atoms with Gasteiger partial charge in [0.2, 0.25) is 11.8 Å². The molecule has 1 aliphatic carbocycles. The summed E-state index contributed by atoms with van der Waals surface area (Å²) in [6, 6.07) is 2.08. The van der Waals surface area contributed by atoms with E-state index in [1.54, 1.807) is 6.92 Å². The van der Waals surface area contributed by atoms with E-state index in [0.717, 1.165) is 19.3 Å². The number of aromatic nitrogens is 1. The number of amides is 5. The lowest BCUT2D eigenvalue weighted by molar-refractivity contribution is -0.140. The first-order valence-electron chi connectivity index (χ1n) is 17.0. The largest absolute Gasteiger partial charge is 0.483 e. The monoisotopic (exact) mass is 698 g/mol. The first-order chi connectivity index (χ1) is 24.0. The van der Waals surface area contributed by atoms with E-state index in [1.165, 1.54) is 39.8 Å². The van der Waals surface area contributed by atoms with Crippen molar-refractivity contribution < 1.29 is 47.7 Å². The van der Waals surface area contributed by atoms with Crippen molar-refractivity contribution in [3.63, 3.8) is 0 Å². The van der Waals surface area contributed by atoms with Crippen LogP contribution in [0.5, 0.6) is 5.75 Å². The van der Waals surface area contributed by atoms with Crippen LogP contribution in [0.4, 0.5) is 9.18 Å². The first-order valence-corrected chi connectivity index (χ1v) is 17.0. The number of pyridine rings is 1. The SMILES string of the molecule is CCOC(=O)N1CCN(C(=O)[C@H](CCC(=O)O)NC(=O)c2cc(OCC(=O)N3CCC[C@H]3C(=O)NC3CCC3)c3c(C)c(F)ccc3n2)CC1. The van der Waals surface area contributed by atoms with E-state index >= 15 is 0 Å². The van der Waals surface area contributed by atoms with Gasteiger partial charge in [0.05, 0.1) is 12.1 Å². The number of benzene rings is 1. The summed E-state index contributed by atoms with van der Waals surface area (Å²) in [4.78, 5) is 85.6. The van der Waals surface area contributed by atoms with Gasteiger partial charge in [-0.3, -0.25) is 24.0 Å². The summed E-state index contributed by atoms with van der Waals surface area (Å²) < 4.78 is 25.7. The van der Waals surface area contributed by atoms with Gasteiger partial charge < -0.3 is 39.9 Å². The second-order valence-electron chi connectivity index (χ2n) is 12.7. The van der Waals surface area contributed by atoms with Crippen molar-refractivity contribution in [2.45, 2.75) is 76.9 Å². The number of hydrogen-bond donors (Lipinski definition) is 3. The Balaban J connectivity index is 1.32. The fourth-order valence-corrected chi connectivity index (χ4v) is 6.38. The van der Waals surface area contributed by atoms with Crippen LogP contribution < -0.4 is 15.4 Å². The zero-order chi connectivity index (χ0) is 35.9. The van der Waals surface area contributed by atoms with Gasteiger partial charge in [0, 0.05) is 56.6 Å². The van der Waals surface area contributed by atoms with Gasteiger partial charge in [-0.2, -0.15) is 0 Å². The summed E-state index contributed by atoms with van der Waals surface area (Å²) in [6.45, 7) is 4.02. The molecule has 3 N–H and O–H groups in total. The summed E-state index contributed by atoms with van der Waals surface area (Å²) in [5, 5.41) is 15.2. The Morgan fingerprint density at radius 3 is 2.40 bits per heavy atom. The van der Waals surface area contributed by atoms with Crippen molar-refractivity contribution in [3.8, 4) is 5.75 Å². The molecule has 0 unspecified atom stereocenters. The van der Waals surface area contributed by atoms with Gasteiger partial charge in [-0.05, 0) is 70.1 Å². The molecule has 2 saturated heterocycles. The van der Waals surface area contributed by atoms with E-state index in [0.29, 0.717) is 19.4 Å². The van der Waals surface area contributed by atoms with Gasteiger partial charge in [-0.1, -0.05) is 0 Å². The highest BCUT2D eigenvalue weighted by molar-refractivity contribution is 6.00. The maximum Gasteiger partial charge on any atom is 0.409 e. The normalized spacial score (nSPS) is 18.3. The minimum atomic E-state index is -1.23. The van der Waals surface area contributed by atoms with Gasteiger partial charge >= 0.3 is 12.1 Å². The number of hydrogen-bond acceptors (Lipinski definition) is 9. The van der Waals surface area contributed by atoms with Gasteiger partial charge in [0.1, 0.15) is 29.3 Å². The summed E-state index contributed by atoms with van der Waals surface area (Å²) in [5.41, 5.74) is 0.173. The molecule has 5 amide bonds. The Labute approximate surface area is 288 Å².